The molecule has 0 radical (unpaired) electrons. The molecule has 0 aliphatic carbocycles. The van der Waals surface area contributed by atoms with Gasteiger partial charge in [-0.1, -0.05) is 18.5 Å². The maximum atomic E-state index is 13.0. The summed E-state index contributed by atoms with van der Waals surface area (Å²) in [6.07, 6.45) is 1.86. The minimum absolute atomic E-state index is 0.0210. The molecule has 0 fully saturated rings. The largest absolute Gasteiger partial charge is 0.489 e. The van der Waals surface area contributed by atoms with Crippen molar-refractivity contribution in [3.05, 3.63) is 40.7 Å². The third-order valence-corrected chi connectivity index (χ3v) is 2.43. The maximum Gasteiger partial charge on any atom is 0.331 e. The van der Waals surface area contributed by atoms with E-state index >= 15 is 0 Å². The van der Waals surface area contributed by atoms with Crippen LogP contribution in [0.4, 0.5) is 4.39 Å². The van der Waals surface area contributed by atoms with Gasteiger partial charge in [-0.25, -0.2) is 9.18 Å². The lowest BCUT2D eigenvalue weighted by Crippen LogP contribution is -2.03. The Kier molecular flexibility index (Phi) is 4.97. The number of benzene rings is 1. The van der Waals surface area contributed by atoms with Crippen LogP contribution in [0, 0.1) is 5.82 Å². The number of halogens is 2. The zero-order valence-corrected chi connectivity index (χ0v) is 10.00. The van der Waals surface area contributed by atoms with E-state index in [1.54, 1.807) is 6.92 Å². The third kappa shape index (κ3) is 4.07. The summed E-state index contributed by atoms with van der Waals surface area (Å²) in [6, 6.07) is 4.06. The molecular weight excluding hydrogens is 247 g/mol. The van der Waals surface area contributed by atoms with Crippen molar-refractivity contribution in [2.75, 3.05) is 6.61 Å². The first kappa shape index (κ1) is 13.5. The van der Waals surface area contributed by atoms with E-state index in [2.05, 4.69) is 0 Å². The lowest BCUT2D eigenvalue weighted by atomic mass is 10.2. The molecule has 0 amide bonds. The van der Waals surface area contributed by atoms with Gasteiger partial charge in [-0.3, -0.25) is 0 Å². The summed E-state index contributed by atoms with van der Waals surface area (Å²) in [4.78, 5) is 10.7. The van der Waals surface area contributed by atoms with Crippen LogP contribution in [0.25, 0.3) is 0 Å². The first-order valence-corrected chi connectivity index (χ1v) is 5.42. The molecule has 5 heteroatoms. The van der Waals surface area contributed by atoms with Crippen molar-refractivity contribution in [2.24, 2.45) is 0 Å². The van der Waals surface area contributed by atoms with Gasteiger partial charge in [-0.05, 0) is 24.6 Å². The molecule has 1 aromatic carbocycles. The summed E-state index contributed by atoms with van der Waals surface area (Å²) in [6.45, 7) is 1.82. The average Bonchev–Trinajstić information content (AvgIpc) is 2.28. The standard InChI is InChI=1S/C12H12ClFO3/c1-2-8(12(15)16)5-6-17-9-3-4-10(13)11(14)7-9/h3-5,7H,2,6H2,1H3,(H,15,16)/b8-5-. The van der Waals surface area contributed by atoms with Gasteiger partial charge in [-0.15, -0.1) is 0 Å². The first-order valence-electron chi connectivity index (χ1n) is 5.04. The highest BCUT2D eigenvalue weighted by Crippen LogP contribution is 2.20. The van der Waals surface area contributed by atoms with Gasteiger partial charge >= 0.3 is 5.97 Å². The number of carboxylic acid groups (broad SMARTS) is 1. The Labute approximate surface area is 103 Å². The summed E-state index contributed by atoms with van der Waals surface area (Å²) in [5.41, 5.74) is 0.263. The van der Waals surface area contributed by atoms with Crippen LogP contribution in [0.1, 0.15) is 13.3 Å². The van der Waals surface area contributed by atoms with Crippen LogP contribution in [-0.2, 0) is 4.79 Å². The molecule has 1 rings (SSSR count). The van der Waals surface area contributed by atoms with E-state index in [4.69, 9.17) is 21.4 Å². The Hall–Kier alpha value is -1.55. The Balaban J connectivity index is 2.61. The van der Waals surface area contributed by atoms with Gasteiger partial charge in [0.1, 0.15) is 18.2 Å². The number of hydrogen-bond acceptors (Lipinski definition) is 2. The van der Waals surface area contributed by atoms with Gasteiger partial charge in [0.05, 0.1) is 5.02 Å². The maximum absolute atomic E-state index is 13.0. The number of rotatable bonds is 5. The van der Waals surface area contributed by atoms with Crippen molar-refractivity contribution in [3.8, 4) is 5.75 Å². The molecule has 17 heavy (non-hydrogen) atoms. The van der Waals surface area contributed by atoms with E-state index in [1.165, 1.54) is 18.2 Å². The fraction of sp³-hybridized carbons (Fsp3) is 0.250. The molecule has 0 aliphatic heterocycles. The molecule has 3 nitrogen and oxygen atoms in total. The van der Waals surface area contributed by atoms with Gasteiger partial charge < -0.3 is 9.84 Å². The number of aliphatic carboxylic acids is 1. The van der Waals surface area contributed by atoms with Gasteiger partial charge in [0.15, 0.2) is 0 Å². The number of hydrogen-bond donors (Lipinski definition) is 1. The van der Waals surface area contributed by atoms with Gasteiger partial charge in [0, 0.05) is 11.6 Å². The molecule has 0 saturated heterocycles. The van der Waals surface area contributed by atoms with Crippen LogP contribution >= 0.6 is 11.6 Å². The lowest BCUT2D eigenvalue weighted by molar-refractivity contribution is -0.132. The van der Waals surface area contributed by atoms with Crippen LogP contribution in [0.2, 0.25) is 5.02 Å². The van der Waals surface area contributed by atoms with Crippen LogP contribution in [-0.4, -0.2) is 17.7 Å². The highest BCUT2D eigenvalue weighted by molar-refractivity contribution is 6.30. The normalized spacial score (nSPS) is 11.4. The number of carbonyl (C=O) groups is 1. The molecule has 0 spiro atoms. The van der Waals surface area contributed by atoms with Crippen molar-refractivity contribution >= 4 is 17.6 Å². The second-order valence-electron chi connectivity index (χ2n) is 3.27. The molecular formula is C12H12ClFO3. The zero-order chi connectivity index (χ0) is 12.8. The van der Waals surface area contributed by atoms with E-state index in [-0.39, 0.29) is 17.2 Å². The number of carboxylic acids is 1. The third-order valence-electron chi connectivity index (χ3n) is 2.13. The molecule has 1 N–H and O–H groups in total. The molecule has 0 saturated carbocycles. The predicted molar refractivity (Wildman–Crippen MR) is 62.9 cm³/mol. The van der Waals surface area contributed by atoms with E-state index in [0.29, 0.717) is 12.2 Å². The topological polar surface area (TPSA) is 46.5 Å². The van der Waals surface area contributed by atoms with Crippen molar-refractivity contribution in [3.63, 3.8) is 0 Å². The lowest BCUT2D eigenvalue weighted by Gasteiger charge is -2.04. The second-order valence-corrected chi connectivity index (χ2v) is 3.68. The molecule has 0 aromatic heterocycles. The minimum atomic E-state index is -0.974. The molecule has 0 bridgehead atoms. The molecule has 0 unspecified atom stereocenters. The molecule has 0 atom stereocenters. The highest BCUT2D eigenvalue weighted by Gasteiger charge is 2.04. The predicted octanol–water partition coefficient (Wildman–Crippen LogP) is 3.28. The van der Waals surface area contributed by atoms with Crippen LogP contribution in [0.5, 0.6) is 5.75 Å². The van der Waals surface area contributed by atoms with Crippen LogP contribution in [0.3, 0.4) is 0 Å². The van der Waals surface area contributed by atoms with Gasteiger partial charge in [0.2, 0.25) is 0 Å². The van der Waals surface area contributed by atoms with Crippen molar-refractivity contribution in [1.29, 1.82) is 0 Å². The first-order chi connectivity index (χ1) is 8.04. The summed E-state index contributed by atoms with van der Waals surface area (Å²) in [7, 11) is 0. The number of ether oxygens (including phenoxy) is 1. The van der Waals surface area contributed by atoms with E-state index in [1.807, 2.05) is 0 Å². The van der Waals surface area contributed by atoms with Crippen LogP contribution < -0.4 is 4.74 Å². The summed E-state index contributed by atoms with van der Waals surface area (Å²) in [5.74, 6) is -1.23. The summed E-state index contributed by atoms with van der Waals surface area (Å²) < 4.78 is 18.2. The SMILES string of the molecule is CC/C(=C/COc1ccc(Cl)c(F)c1)C(=O)O. The van der Waals surface area contributed by atoms with E-state index in [0.717, 1.165) is 6.07 Å². The second kappa shape index (κ2) is 6.25. The smallest absolute Gasteiger partial charge is 0.331 e. The quantitative estimate of drug-likeness (QED) is 0.825. The Morgan fingerprint density at radius 2 is 2.29 bits per heavy atom. The molecule has 1 aromatic rings. The van der Waals surface area contributed by atoms with Gasteiger partial charge in [-0.2, -0.15) is 0 Å². The molecule has 92 valence electrons. The summed E-state index contributed by atoms with van der Waals surface area (Å²) >= 11 is 5.51. The fourth-order valence-corrected chi connectivity index (χ4v) is 1.31. The van der Waals surface area contributed by atoms with Crippen LogP contribution in [0.15, 0.2) is 29.8 Å². The zero-order valence-electron chi connectivity index (χ0n) is 9.24. The van der Waals surface area contributed by atoms with E-state index < -0.39 is 11.8 Å². The highest BCUT2D eigenvalue weighted by atomic mass is 35.5. The molecule has 0 aliphatic rings. The Bertz CT molecular complexity index is 443. The Morgan fingerprint density at radius 3 is 2.82 bits per heavy atom. The monoisotopic (exact) mass is 258 g/mol. The summed E-state index contributed by atoms with van der Waals surface area (Å²) in [5, 5.41) is 8.77. The van der Waals surface area contributed by atoms with Gasteiger partial charge in [0.25, 0.3) is 0 Å². The van der Waals surface area contributed by atoms with Crippen molar-refractivity contribution < 1.29 is 19.0 Å². The fourth-order valence-electron chi connectivity index (χ4n) is 1.19. The Morgan fingerprint density at radius 1 is 1.59 bits per heavy atom. The molecule has 0 heterocycles. The van der Waals surface area contributed by atoms with E-state index in [9.17, 15) is 9.18 Å². The average molecular weight is 259 g/mol. The van der Waals surface area contributed by atoms with Crippen molar-refractivity contribution in [2.45, 2.75) is 13.3 Å². The minimum Gasteiger partial charge on any atom is -0.489 e. The van der Waals surface area contributed by atoms with Crippen molar-refractivity contribution in [1.82, 2.24) is 0 Å².